The lowest BCUT2D eigenvalue weighted by Gasteiger charge is -2.13. The van der Waals surface area contributed by atoms with Gasteiger partial charge in [0.1, 0.15) is 6.04 Å². The summed E-state index contributed by atoms with van der Waals surface area (Å²) in [5, 5.41) is 10.0. The van der Waals surface area contributed by atoms with Crippen LogP contribution in [-0.2, 0) is 4.79 Å². The van der Waals surface area contributed by atoms with E-state index in [-0.39, 0.29) is 5.78 Å². The number of para-hydroxylation sites is 1. The summed E-state index contributed by atoms with van der Waals surface area (Å²) in [6, 6.07) is 6.74. The van der Waals surface area contributed by atoms with Gasteiger partial charge >= 0.3 is 5.97 Å². The number of aromatic nitrogens is 1. The van der Waals surface area contributed by atoms with Gasteiger partial charge in [-0.2, -0.15) is 0 Å². The van der Waals surface area contributed by atoms with Gasteiger partial charge in [-0.15, -0.1) is 0 Å². The molecule has 2 aromatic rings. The van der Waals surface area contributed by atoms with Crippen molar-refractivity contribution in [2.75, 3.05) is 0 Å². The number of carboxylic acid groups (broad SMARTS) is 1. The highest BCUT2D eigenvalue weighted by Gasteiger charge is 2.21. The predicted octanol–water partition coefficient (Wildman–Crippen LogP) is 2.88. The number of Topliss-reactive ketones (excluding diaryl/α,β-unsaturated/α-hetero) is 1. The number of nitrogens with zero attached hydrogens (tertiary/aromatic N) is 1. The SMILES string of the molecule is CCC(C(=O)O)n1cc(C(C)=O)c2ccccc21. The fourth-order valence-electron chi connectivity index (χ4n) is 2.23. The smallest absolute Gasteiger partial charge is 0.326 e. The van der Waals surface area contributed by atoms with Crippen molar-refractivity contribution in [3.63, 3.8) is 0 Å². The number of ketones is 1. The van der Waals surface area contributed by atoms with Crippen LogP contribution in [0.4, 0.5) is 0 Å². The molecule has 0 saturated heterocycles. The Morgan fingerprint density at radius 3 is 2.56 bits per heavy atom. The minimum Gasteiger partial charge on any atom is -0.480 e. The Balaban J connectivity index is 2.71. The molecule has 0 saturated carbocycles. The molecule has 0 amide bonds. The highest BCUT2D eigenvalue weighted by molar-refractivity contribution is 6.07. The molecule has 2 rings (SSSR count). The maximum atomic E-state index is 11.6. The van der Waals surface area contributed by atoms with E-state index in [0.29, 0.717) is 12.0 Å². The summed E-state index contributed by atoms with van der Waals surface area (Å²) < 4.78 is 1.67. The molecule has 0 aliphatic carbocycles. The molecule has 0 aliphatic rings. The Hall–Kier alpha value is -2.10. The standard InChI is InChI=1S/C14H15NO3/c1-3-12(14(17)18)15-8-11(9(2)16)10-6-4-5-7-13(10)15/h4-8,12H,3H2,1-2H3,(H,17,18). The third-order valence-electron chi connectivity index (χ3n) is 3.13. The molecule has 94 valence electrons. The van der Waals surface area contributed by atoms with Gasteiger partial charge in [-0.25, -0.2) is 4.79 Å². The lowest BCUT2D eigenvalue weighted by atomic mass is 10.1. The number of rotatable bonds is 4. The number of hydrogen-bond acceptors (Lipinski definition) is 2. The van der Waals surface area contributed by atoms with Gasteiger partial charge in [0.15, 0.2) is 5.78 Å². The second-order valence-corrected chi connectivity index (χ2v) is 4.29. The van der Waals surface area contributed by atoms with Crippen molar-refractivity contribution in [3.8, 4) is 0 Å². The maximum absolute atomic E-state index is 11.6. The van der Waals surface area contributed by atoms with Gasteiger partial charge in [0.25, 0.3) is 0 Å². The van der Waals surface area contributed by atoms with Crippen LogP contribution < -0.4 is 0 Å². The summed E-state index contributed by atoms with van der Waals surface area (Å²) >= 11 is 0. The number of fused-ring (bicyclic) bond motifs is 1. The van der Waals surface area contributed by atoms with Gasteiger partial charge in [0.2, 0.25) is 0 Å². The zero-order chi connectivity index (χ0) is 13.3. The van der Waals surface area contributed by atoms with Crippen molar-refractivity contribution < 1.29 is 14.7 Å². The Labute approximate surface area is 105 Å². The van der Waals surface area contributed by atoms with E-state index in [1.807, 2.05) is 31.2 Å². The molecule has 1 N–H and O–H groups in total. The van der Waals surface area contributed by atoms with E-state index in [1.54, 1.807) is 10.8 Å². The van der Waals surface area contributed by atoms with E-state index in [4.69, 9.17) is 0 Å². The molecule has 0 radical (unpaired) electrons. The third kappa shape index (κ3) is 1.90. The van der Waals surface area contributed by atoms with Crippen LogP contribution in [0.15, 0.2) is 30.5 Å². The van der Waals surface area contributed by atoms with Gasteiger partial charge in [-0.3, -0.25) is 4.79 Å². The van der Waals surface area contributed by atoms with Crippen LogP contribution in [0.25, 0.3) is 10.9 Å². The van der Waals surface area contributed by atoms with Crippen LogP contribution >= 0.6 is 0 Å². The van der Waals surface area contributed by atoms with Crippen molar-refractivity contribution >= 4 is 22.7 Å². The third-order valence-corrected chi connectivity index (χ3v) is 3.13. The molecule has 0 bridgehead atoms. The van der Waals surface area contributed by atoms with E-state index >= 15 is 0 Å². The molecule has 1 atom stereocenters. The zero-order valence-corrected chi connectivity index (χ0v) is 10.4. The van der Waals surface area contributed by atoms with Crippen molar-refractivity contribution in [3.05, 3.63) is 36.0 Å². The number of carbonyl (C=O) groups excluding carboxylic acids is 1. The quantitative estimate of drug-likeness (QED) is 0.842. The Morgan fingerprint density at radius 2 is 2.00 bits per heavy atom. The first-order chi connectivity index (χ1) is 8.56. The molecule has 1 aromatic heterocycles. The maximum Gasteiger partial charge on any atom is 0.326 e. The molecule has 1 aromatic carbocycles. The van der Waals surface area contributed by atoms with E-state index in [0.717, 1.165) is 10.9 Å². The summed E-state index contributed by atoms with van der Waals surface area (Å²) in [4.78, 5) is 22.8. The van der Waals surface area contributed by atoms with Crippen molar-refractivity contribution in [1.29, 1.82) is 0 Å². The Morgan fingerprint density at radius 1 is 1.33 bits per heavy atom. The fourth-order valence-corrected chi connectivity index (χ4v) is 2.23. The number of benzene rings is 1. The molecular formula is C14H15NO3. The first-order valence-corrected chi connectivity index (χ1v) is 5.89. The molecule has 1 heterocycles. The average Bonchev–Trinajstić information content (AvgIpc) is 2.70. The van der Waals surface area contributed by atoms with Crippen LogP contribution in [0, 0.1) is 0 Å². The van der Waals surface area contributed by atoms with E-state index in [2.05, 4.69) is 0 Å². The second kappa shape index (κ2) is 4.64. The number of carboxylic acids is 1. The van der Waals surface area contributed by atoms with Crippen LogP contribution in [-0.4, -0.2) is 21.4 Å². The lowest BCUT2D eigenvalue weighted by Crippen LogP contribution is -2.17. The largest absolute Gasteiger partial charge is 0.480 e. The summed E-state index contributed by atoms with van der Waals surface area (Å²) in [5.41, 5.74) is 1.36. The summed E-state index contributed by atoms with van der Waals surface area (Å²) in [6.07, 6.45) is 2.13. The van der Waals surface area contributed by atoms with Gasteiger partial charge in [0.05, 0.1) is 0 Å². The van der Waals surface area contributed by atoms with E-state index < -0.39 is 12.0 Å². The van der Waals surface area contributed by atoms with Crippen molar-refractivity contribution in [2.24, 2.45) is 0 Å². The minimum absolute atomic E-state index is 0.0507. The Bertz CT molecular complexity index is 613. The molecule has 18 heavy (non-hydrogen) atoms. The van der Waals surface area contributed by atoms with Crippen LogP contribution in [0.3, 0.4) is 0 Å². The molecular weight excluding hydrogens is 230 g/mol. The lowest BCUT2D eigenvalue weighted by molar-refractivity contribution is -0.140. The highest BCUT2D eigenvalue weighted by atomic mass is 16.4. The van der Waals surface area contributed by atoms with Gasteiger partial charge in [-0.1, -0.05) is 25.1 Å². The number of hydrogen-bond donors (Lipinski definition) is 1. The van der Waals surface area contributed by atoms with E-state index in [1.165, 1.54) is 6.92 Å². The Kier molecular flexibility index (Phi) is 3.19. The second-order valence-electron chi connectivity index (χ2n) is 4.29. The van der Waals surface area contributed by atoms with Gasteiger partial charge in [0, 0.05) is 22.7 Å². The first kappa shape index (κ1) is 12.4. The minimum atomic E-state index is -0.881. The number of carbonyl (C=O) groups is 2. The van der Waals surface area contributed by atoms with Crippen molar-refractivity contribution in [1.82, 2.24) is 4.57 Å². The summed E-state index contributed by atoms with van der Waals surface area (Å²) in [7, 11) is 0. The monoisotopic (exact) mass is 245 g/mol. The normalized spacial score (nSPS) is 12.6. The molecule has 0 aliphatic heterocycles. The van der Waals surface area contributed by atoms with Crippen molar-refractivity contribution in [2.45, 2.75) is 26.3 Å². The highest BCUT2D eigenvalue weighted by Crippen LogP contribution is 2.26. The molecule has 4 heteroatoms. The first-order valence-electron chi connectivity index (χ1n) is 5.89. The van der Waals surface area contributed by atoms with Crippen LogP contribution in [0.1, 0.15) is 36.7 Å². The van der Waals surface area contributed by atoms with Crippen LogP contribution in [0.5, 0.6) is 0 Å². The fraction of sp³-hybridized carbons (Fsp3) is 0.286. The summed E-state index contributed by atoms with van der Waals surface area (Å²) in [6.45, 7) is 3.31. The van der Waals surface area contributed by atoms with Gasteiger partial charge in [-0.05, 0) is 19.4 Å². The molecule has 1 unspecified atom stereocenters. The predicted molar refractivity (Wildman–Crippen MR) is 68.9 cm³/mol. The number of aliphatic carboxylic acids is 1. The topological polar surface area (TPSA) is 59.3 Å². The molecule has 4 nitrogen and oxygen atoms in total. The summed E-state index contributed by atoms with van der Waals surface area (Å²) in [5.74, 6) is -0.932. The average molecular weight is 245 g/mol. The van der Waals surface area contributed by atoms with Crippen LogP contribution in [0.2, 0.25) is 0 Å². The van der Waals surface area contributed by atoms with Gasteiger partial charge < -0.3 is 9.67 Å². The molecule has 0 fully saturated rings. The van der Waals surface area contributed by atoms with E-state index in [9.17, 15) is 14.7 Å². The zero-order valence-electron chi connectivity index (χ0n) is 10.4. The molecule has 0 spiro atoms.